The summed E-state index contributed by atoms with van der Waals surface area (Å²) < 4.78 is 4.69. The molecule has 2 N–H and O–H groups in total. The molecule has 0 spiro atoms. The molecule has 0 aliphatic carbocycles. The van der Waals surface area contributed by atoms with E-state index >= 15 is 0 Å². The van der Waals surface area contributed by atoms with E-state index in [2.05, 4.69) is 0 Å². The van der Waals surface area contributed by atoms with Crippen LogP contribution < -0.4 is 5.73 Å². The van der Waals surface area contributed by atoms with Crippen molar-refractivity contribution in [3.63, 3.8) is 0 Å². The summed E-state index contributed by atoms with van der Waals surface area (Å²) >= 11 is 1.38. The molecule has 4 nitrogen and oxygen atoms in total. The van der Waals surface area contributed by atoms with Crippen molar-refractivity contribution in [2.24, 2.45) is 0 Å². The number of hydrogen-bond acceptors (Lipinski definition) is 5. The third kappa shape index (κ3) is 5.40. The Bertz CT molecular complexity index is 389. The van der Waals surface area contributed by atoms with Crippen molar-refractivity contribution < 1.29 is 14.3 Å². The van der Waals surface area contributed by atoms with Crippen molar-refractivity contribution in [3.05, 3.63) is 24.3 Å². The van der Waals surface area contributed by atoms with E-state index in [4.69, 9.17) is 10.5 Å². The van der Waals surface area contributed by atoms with Gasteiger partial charge in [0, 0.05) is 10.6 Å². The Morgan fingerprint density at radius 2 is 1.94 bits per heavy atom. The molecule has 0 aliphatic rings. The Labute approximate surface area is 105 Å². The van der Waals surface area contributed by atoms with Crippen molar-refractivity contribution in [2.45, 2.75) is 18.2 Å². The number of benzene rings is 1. The van der Waals surface area contributed by atoms with Crippen molar-refractivity contribution in [3.8, 4) is 0 Å². The maximum absolute atomic E-state index is 11.4. The number of carbonyl (C=O) groups is 2. The van der Waals surface area contributed by atoms with Gasteiger partial charge in [-0.2, -0.15) is 0 Å². The molecule has 0 atom stereocenters. The van der Waals surface area contributed by atoms with Gasteiger partial charge in [0.2, 0.25) is 0 Å². The fourth-order valence-electron chi connectivity index (χ4n) is 1.15. The molecule has 1 rings (SSSR count). The van der Waals surface area contributed by atoms with Crippen molar-refractivity contribution in [1.82, 2.24) is 0 Å². The summed E-state index contributed by atoms with van der Waals surface area (Å²) in [4.78, 5) is 23.4. The summed E-state index contributed by atoms with van der Waals surface area (Å²) in [7, 11) is 0. The zero-order valence-corrected chi connectivity index (χ0v) is 10.5. The maximum atomic E-state index is 11.4. The number of nitrogens with two attached hydrogens (primary N) is 1. The first-order valence-corrected chi connectivity index (χ1v) is 6.26. The van der Waals surface area contributed by atoms with Crippen molar-refractivity contribution in [2.75, 3.05) is 18.1 Å². The first-order chi connectivity index (χ1) is 8.11. The minimum atomic E-state index is -0.463. The van der Waals surface area contributed by atoms with Crippen LogP contribution in [-0.2, 0) is 14.3 Å². The second-order valence-electron chi connectivity index (χ2n) is 3.38. The first-order valence-electron chi connectivity index (χ1n) is 5.27. The van der Waals surface area contributed by atoms with Crippen molar-refractivity contribution in [1.29, 1.82) is 0 Å². The van der Waals surface area contributed by atoms with E-state index in [0.29, 0.717) is 12.3 Å². The van der Waals surface area contributed by atoms with Gasteiger partial charge in [0.25, 0.3) is 0 Å². The molecule has 0 saturated carbocycles. The normalized spacial score (nSPS) is 9.94. The fourth-order valence-corrected chi connectivity index (χ4v) is 1.91. The molecule has 92 valence electrons. The molecule has 0 amide bonds. The third-order valence-corrected chi connectivity index (χ3v) is 3.00. The van der Waals surface area contributed by atoms with Crippen LogP contribution >= 0.6 is 11.8 Å². The molecular formula is C12H15NO3S. The molecule has 0 unspecified atom stereocenters. The van der Waals surface area contributed by atoms with Crippen LogP contribution in [0, 0.1) is 0 Å². The first kappa shape index (κ1) is 13.6. The number of ketones is 1. The lowest BCUT2D eigenvalue weighted by molar-refractivity contribution is -0.145. The van der Waals surface area contributed by atoms with Gasteiger partial charge in [-0.3, -0.25) is 9.59 Å². The highest BCUT2D eigenvalue weighted by Gasteiger charge is 2.10. The maximum Gasteiger partial charge on any atom is 0.313 e. The Balaban J connectivity index is 2.33. The lowest BCUT2D eigenvalue weighted by Crippen LogP contribution is -2.12. The molecule has 0 heterocycles. The van der Waals surface area contributed by atoms with Crippen LogP contribution in [-0.4, -0.2) is 24.1 Å². The lowest BCUT2D eigenvalue weighted by atomic mass is 10.3. The number of Topliss-reactive ketones (excluding diaryl/α,β-unsaturated/α-hetero) is 1. The van der Waals surface area contributed by atoms with Gasteiger partial charge < -0.3 is 10.5 Å². The second kappa shape index (κ2) is 6.96. The van der Waals surface area contributed by atoms with E-state index in [1.165, 1.54) is 11.8 Å². The molecular weight excluding hydrogens is 238 g/mol. The van der Waals surface area contributed by atoms with E-state index < -0.39 is 5.97 Å². The van der Waals surface area contributed by atoms with Crippen LogP contribution in [0.3, 0.4) is 0 Å². The van der Waals surface area contributed by atoms with Gasteiger partial charge in [-0.05, 0) is 31.2 Å². The number of anilines is 1. The van der Waals surface area contributed by atoms with E-state index in [0.717, 1.165) is 4.90 Å². The summed E-state index contributed by atoms with van der Waals surface area (Å²) in [5, 5.41) is 0. The van der Waals surface area contributed by atoms with Gasteiger partial charge in [-0.25, -0.2) is 0 Å². The Hall–Kier alpha value is -1.49. The SMILES string of the molecule is CCOC(=O)CC(=O)CSc1ccc(N)cc1. The predicted octanol–water partition coefficient (Wildman–Crippen LogP) is 1.88. The monoisotopic (exact) mass is 253 g/mol. The number of esters is 1. The molecule has 1 aromatic carbocycles. The molecule has 0 radical (unpaired) electrons. The number of thioether (sulfide) groups is 1. The molecule has 0 aromatic heterocycles. The number of nitrogen functional groups attached to an aromatic ring is 1. The highest BCUT2D eigenvalue weighted by atomic mass is 32.2. The van der Waals surface area contributed by atoms with Crippen LogP contribution in [0.15, 0.2) is 29.2 Å². The zero-order chi connectivity index (χ0) is 12.7. The highest BCUT2D eigenvalue weighted by Crippen LogP contribution is 2.19. The van der Waals surface area contributed by atoms with Gasteiger partial charge >= 0.3 is 5.97 Å². The number of hydrogen-bond donors (Lipinski definition) is 1. The molecule has 0 bridgehead atoms. The summed E-state index contributed by atoms with van der Waals surface area (Å²) in [6.45, 7) is 2.02. The van der Waals surface area contributed by atoms with Crippen LogP contribution in [0.1, 0.15) is 13.3 Å². The Morgan fingerprint density at radius 1 is 1.29 bits per heavy atom. The van der Waals surface area contributed by atoms with Gasteiger partial charge in [0.1, 0.15) is 6.42 Å². The summed E-state index contributed by atoms with van der Waals surface area (Å²) in [6, 6.07) is 7.24. The van der Waals surface area contributed by atoms with Crippen LogP contribution in [0.2, 0.25) is 0 Å². The smallest absolute Gasteiger partial charge is 0.313 e. The van der Waals surface area contributed by atoms with E-state index in [-0.39, 0.29) is 18.0 Å². The number of ether oxygens (including phenoxy) is 1. The minimum Gasteiger partial charge on any atom is -0.466 e. The number of carbonyl (C=O) groups excluding carboxylic acids is 2. The van der Waals surface area contributed by atoms with Gasteiger partial charge in [-0.1, -0.05) is 0 Å². The average molecular weight is 253 g/mol. The highest BCUT2D eigenvalue weighted by molar-refractivity contribution is 8.00. The zero-order valence-electron chi connectivity index (χ0n) is 9.64. The second-order valence-corrected chi connectivity index (χ2v) is 4.43. The predicted molar refractivity (Wildman–Crippen MR) is 67.8 cm³/mol. The average Bonchev–Trinajstić information content (AvgIpc) is 2.28. The molecule has 0 aliphatic heterocycles. The van der Waals surface area contributed by atoms with Crippen LogP contribution in [0.4, 0.5) is 5.69 Å². The summed E-state index contributed by atoms with van der Waals surface area (Å²) in [6.07, 6.45) is -0.157. The molecule has 0 fully saturated rings. The van der Waals surface area contributed by atoms with Gasteiger partial charge in [0.15, 0.2) is 5.78 Å². The molecule has 17 heavy (non-hydrogen) atoms. The summed E-state index contributed by atoms with van der Waals surface area (Å²) in [5.41, 5.74) is 6.23. The van der Waals surface area contributed by atoms with Crippen LogP contribution in [0.25, 0.3) is 0 Å². The fraction of sp³-hybridized carbons (Fsp3) is 0.333. The van der Waals surface area contributed by atoms with Crippen LogP contribution in [0.5, 0.6) is 0 Å². The molecule has 1 aromatic rings. The molecule has 5 heteroatoms. The van der Waals surface area contributed by atoms with Gasteiger partial charge in [-0.15, -0.1) is 11.8 Å². The van der Waals surface area contributed by atoms with Gasteiger partial charge in [0.05, 0.1) is 12.4 Å². The summed E-state index contributed by atoms with van der Waals surface area (Å²) in [5.74, 6) is -0.330. The lowest BCUT2D eigenvalue weighted by Gasteiger charge is -2.02. The van der Waals surface area contributed by atoms with Crippen molar-refractivity contribution >= 4 is 29.2 Å². The van der Waals surface area contributed by atoms with E-state index in [9.17, 15) is 9.59 Å². The quantitative estimate of drug-likeness (QED) is 0.363. The Morgan fingerprint density at radius 3 is 2.53 bits per heavy atom. The van der Waals surface area contributed by atoms with E-state index in [1.54, 1.807) is 19.1 Å². The Kier molecular flexibility index (Phi) is 5.56. The minimum absolute atomic E-state index is 0.134. The largest absolute Gasteiger partial charge is 0.466 e. The topological polar surface area (TPSA) is 69.4 Å². The third-order valence-electron chi connectivity index (χ3n) is 1.93. The molecule has 0 saturated heterocycles. The standard InChI is InChI=1S/C12H15NO3S/c1-2-16-12(15)7-10(14)8-17-11-5-3-9(13)4-6-11/h3-6H,2,7-8,13H2,1H3. The van der Waals surface area contributed by atoms with E-state index in [1.807, 2.05) is 12.1 Å². The number of rotatable bonds is 6.